The first-order valence-electron chi connectivity index (χ1n) is 2.43. The van der Waals surface area contributed by atoms with Crippen molar-refractivity contribution in [3.05, 3.63) is 0 Å². The van der Waals surface area contributed by atoms with Gasteiger partial charge in [0.2, 0.25) is 5.91 Å². The highest BCUT2D eigenvalue weighted by Crippen LogP contribution is 1.78. The average Bonchev–Trinajstić information content (AvgIpc) is 1.83. The molecule has 1 amide bonds. The topological polar surface area (TPSA) is 40.4 Å². The van der Waals surface area contributed by atoms with E-state index in [1.54, 1.807) is 7.11 Å². The van der Waals surface area contributed by atoms with Crippen molar-refractivity contribution in [1.82, 2.24) is 5.32 Å². The lowest BCUT2D eigenvalue weighted by Crippen LogP contribution is -2.11. The standard InChI is InChI=1S/C5H10NO2/c1-6-5(7)3-4-8-2/h3-4H2,1-2H3. The van der Waals surface area contributed by atoms with Crippen molar-refractivity contribution in [3.63, 3.8) is 0 Å². The summed E-state index contributed by atoms with van der Waals surface area (Å²) in [7, 11) is 3.04. The predicted octanol–water partition coefficient (Wildman–Crippen LogP) is -0.216. The van der Waals surface area contributed by atoms with Gasteiger partial charge in [0.05, 0.1) is 13.0 Å². The Hall–Kier alpha value is -0.570. The molecular formula is C5H10NO2. The largest absolute Gasteiger partial charge is 0.384 e. The van der Waals surface area contributed by atoms with Gasteiger partial charge in [0.25, 0.3) is 0 Å². The third-order valence-corrected chi connectivity index (χ3v) is 0.769. The molecule has 0 aromatic heterocycles. The highest BCUT2D eigenvalue weighted by Gasteiger charge is 1.95. The Kier molecular flexibility index (Phi) is 4.26. The summed E-state index contributed by atoms with van der Waals surface area (Å²) in [4.78, 5) is 10.3. The smallest absolute Gasteiger partial charge is 0.243 e. The van der Waals surface area contributed by atoms with Gasteiger partial charge in [-0.1, -0.05) is 0 Å². The van der Waals surface area contributed by atoms with Crippen LogP contribution >= 0.6 is 0 Å². The van der Waals surface area contributed by atoms with E-state index in [9.17, 15) is 4.79 Å². The fourth-order valence-corrected chi connectivity index (χ4v) is 0.301. The van der Waals surface area contributed by atoms with Crippen molar-refractivity contribution in [3.8, 4) is 0 Å². The van der Waals surface area contributed by atoms with Gasteiger partial charge in [-0.25, -0.2) is 0 Å². The Balaban J connectivity index is 2.99. The third-order valence-electron chi connectivity index (χ3n) is 0.769. The second-order valence-electron chi connectivity index (χ2n) is 1.36. The molecule has 0 N–H and O–H groups in total. The maximum atomic E-state index is 10.3. The highest BCUT2D eigenvalue weighted by molar-refractivity contribution is 5.75. The molecule has 0 saturated carbocycles. The van der Waals surface area contributed by atoms with Crippen molar-refractivity contribution in [2.75, 3.05) is 20.8 Å². The number of carbonyl (C=O) groups excluding carboxylic acids is 1. The van der Waals surface area contributed by atoms with Gasteiger partial charge in [0, 0.05) is 14.2 Å². The molecule has 0 aromatic rings. The molecule has 0 rings (SSSR count). The van der Waals surface area contributed by atoms with Crippen LogP contribution in [-0.2, 0) is 9.53 Å². The zero-order valence-electron chi connectivity index (χ0n) is 5.18. The van der Waals surface area contributed by atoms with E-state index in [0.29, 0.717) is 13.0 Å². The third kappa shape index (κ3) is 3.61. The van der Waals surface area contributed by atoms with E-state index in [1.807, 2.05) is 0 Å². The molecule has 3 heteroatoms. The van der Waals surface area contributed by atoms with Crippen LogP contribution in [0.4, 0.5) is 0 Å². The molecule has 0 aromatic carbocycles. The average molecular weight is 116 g/mol. The Morgan fingerprint density at radius 2 is 2.38 bits per heavy atom. The molecule has 3 nitrogen and oxygen atoms in total. The summed E-state index contributed by atoms with van der Waals surface area (Å²) in [5.74, 6) is -0.105. The summed E-state index contributed by atoms with van der Waals surface area (Å²) in [5.41, 5.74) is 0. The fraction of sp³-hybridized carbons (Fsp3) is 0.800. The van der Waals surface area contributed by atoms with E-state index in [2.05, 4.69) is 10.1 Å². The first-order valence-corrected chi connectivity index (χ1v) is 2.43. The number of hydrogen-bond acceptors (Lipinski definition) is 2. The number of hydrogen-bond donors (Lipinski definition) is 0. The van der Waals surface area contributed by atoms with E-state index >= 15 is 0 Å². The summed E-state index contributed by atoms with van der Waals surface area (Å²) in [6.07, 6.45) is 0.396. The Bertz CT molecular complexity index is 72.8. The van der Waals surface area contributed by atoms with Gasteiger partial charge in [-0.3, -0.25) is 10.1 Å². The zero-order valence-corrected chi connectivity index (χ0v) is 5.18. The normalized spacial score (nSPS) is 8.75. The summed E-state index contributed by atoms with van der Waals surface area (Å²) in [6.45, 7) is 0.468. The lowest BCUT2D eigenvalue weighted by atomic mass is 10.4. The van der Waals surface area contributed by atoms with Crippen LogP contribution < -0.4 is 5.32 Å². The summed E-state index contributed by atoms with van der Waals surface area (Å²) in [5, 5.41) is 3.41. The molecule has 0 atom stereocenters. The van der Waals surface area contributed by atoms with Crippen molar-refractivity contribution in [2.24, 2.45) is 0 Å². The van der Waals surface area contributed by atoms with Crippen molar-refractivity contribution < 1.29 is 9.53 Å². The fourth-order valence-electron chi connectivity index (χ4n) is 0.301. The van der Waals surface area contributed by atoms with Gasteiger partial charge in [-0.2, -0.15) is 0 Å². The molecule has 0 aliphatic rings. The lowest BCUT2D eigenvalue weighted by molar-refractivity contribution is -0.121. The van der Waals surface area contributed by atoms with Gasteiger partial charge >= 0.3 is 0 Å². The summed E-state index contributed by atoms with van der Waals surface area (Å²) in [6, 6.07) is 0. The molecule has 1 radical (unpaired) electrons. The van der Waals surface area contributed by atoms with Crippen LogP contribution in [0.3, 0.4) is 0 Å². The molecule has 47 valence electrons. The molecule has 0 saturated heterocycles. The minimum Gasteiger partial charge on any atom is -0.384 e. The molecule has 0 heterocycles. The Morgan fingerprint density at radius 3 is 2.75 bits per heavy atom. The van der Waals surface area contributed by atoms with Crippen LogP contribution in [-0.4, -0.2) is 26.7 Å². The maximum Gasteiger partial charge on any atom is 0.243 e. The molecule has 0 spiro atoms. The SMILES string of the molecule is C[N]C(=O)CCOC. The van der Waals surface area contributed by atoms with Gasteiger partial charge < -0.3 is 4.74 Å². The van der Waals surface area contributed by atoms with Crippen LogP contribution in [0.15, 0.2) is 0 Å². The molecule has 0 fully saturated rings. The van der Waals surface area contributed by atoms with Gasteiger partial charge in [0.1, 0.15) is 0 Å². The number of methoxy groups -OCH3 is 1. The number of amides is 1. The predicted molar refractivity (Wildman–Crippen MR) is 29.6 cm³/mol. The maximum absolute atomic E-state index is 10.3. The highest BCUT2D eigenvalue weighted by atomic mass is 16.5. The van der Waals surface area contributed by atoms with E-state index in [1.165, 1.54) is 7.05 Å². The van der Waals surface area contributed by atoms with Crippen molar-refractivity contribution in [1.29, 1.82) is 0 Å². The first kappa shape index (κ1) is 7.43. The van der Waals surface area contributed by atoms with Crippen LogP contribution in [0.5, 0.6) is 0 Å². The van der Waals surface area contributed by atoms with E-state index in [4.69, 9.17) is 0 Å². The molecule has 0 aliphatic carbocycles. The second kappa shape index (κ2) is 4.59. The molecule has 0 unspecified atom stereocenters. The van der Waals surface area contributed by atoms with Crippen LogP contribution in [0.1, 0.15) is 6.42 Å². The van der Waals surface area contributed by atoms with Crippen molar-refractivity contribution in [2.45, 2.75) is 6.42 Å². The number of rotatable bonds is 3. The minimum atomic E-state index is -0.105. The van der Waals surface area contributed by atoms with Crippen LogP contribution in [0.2, 0.25) is 0 Å². The van der Waals surface area contributed by atoms with E-state index in [0.717, 1.165) is 0 Å². The quantitative estimate of drug-likeness (QED) is 0.511. The summed E-state index contributed by atoms with van der Waals surface area (Å²) >= 11 is 0. The van der Waals surface area contributed by atoms with Gasteiger partial charge in [-0.15, -0.1) is 0 Å². The molecule has 0 aliphatic heterocycles. The Morgan fingerprint density at radius 1 is 1.75 bits per heavy atom. The zero-order chi connectivity index (χ0) is 6.41. The first-order chi connectivity index (χ1) is 3.81. The summed E-state index contributed by atoms with van der Waals surface area (Å²) < 4.78 is 4.63. The van der Waals surface area contributed by atoms with E-state index in [-0.39, 0.29) is 5.91 Å². The van der Waals surface area contributed by atoms with Crippen LogP contribution in [0.25, 0.3) is 0 Å². The number of carbonyl (C=O) groups is 1. The molecule has 0 bridgehead atoms. The van der Waals surface area contributed by atoms with E-state index < -0.39 is 0 Å². The number of nitrogens with zero attached hydrogens (tertiary/aromatic N) is 1. The van der Waals surface area contributed by atoms with Crippen molar-refractivity contribution >= 4 is 5.91 Å². The second-order valence-corrected chi connectivity index (χ2v) is 1.36. The van der Waals surface area contributed by atoms with Crippen LogP contribution in [0, 0.1) is 0 Å². The number of ether oxygens (including phenoxy) is 1. The molecular weight excluding hydrogens is 106 g/mol. The lowest BCUT2D eigenvalue weighted by Gasteiger charge is -1.93. The monoisotopic (exact) mass is 116 g/mol. The van der Waals surface area contributed by atoms with Gasteiger partial charge in [0.15, 0.2) is 0 Å². The molecule has 8 heavy (non-hydrogen) atoms. The minimum absolute atomic E-state index is 0.105. The van der Waals surface area contributed by atoms with Gasteiger partial charge in [-0.05, 0) is 0 Å². The Labute approximate surface area is 49.0 Å².